The van der Waals surface area contributed by atoms with E-state index in [4.69, 9.17) is 5.73 Å². The number of benzene rings is 1. The molecule has 2 aliphatic heterocycles. The average molecular weight is 345 g/mol. The van der Waals surface area contributed by atoms with Gasteiger partial charge in [-0.15, -0.1) is 0 Å². The van der Waals surface area contributed by atoms with E-state index in [-0.39, 0.29) is 18.1 Å². The van der Waals surface area contributed by atoms with Crippen LogP contribution in [0.15, 0.2) is 33.6 Å². The molecule has 2 bridgehead atoms. The highest BCUT2D eigenvalue weighted by Gasteiger charge is 2.46. The number of nitrogens with two attached hydrogens (primary N) is 1. The zero-order chi connectivity index (χ0) is 13.6. The maximum absolute atomic E-state index is 12.8. The summed E-state index contributed by atoms with van der Waals surface area (Å²) in [6.07, 6.45) is 3.42. The Bertz CT molecular complexity index is 576. The Morgan fingerprint density at radius 2 is 1.74 bits per heavy atom. The molecule has 2 aliphatic rings. The van der Waals surface area contributed by atoms with Gasteiger partial charge in [-0.3, -0.25) is 0 Å². The molecular formula is C13H17BrN2O2S. The van der Waals surface area contributed by atoms with Gasteiger partial charge in [0.1, 0.15) is 0 Å². The van der Waals surface area contributed by atoms with Gasteiger partial charge in [-0.05, 0) is 53.7 Å². The minimum atomic E-state index is -3.42. The van der Waals surface area contributed by atoms with Gasteiger partial charge in [0.05, 0.1) is 4.90 Å². The number of rotatable bonds is 2. The SMILES string of the molecule is NC1CC2CCC(C1)N2S(=O)(=O)c1ccccc1Br. The molecular weight excluding hydrogens is 328 g/mol. The molecule has 0 aliphatic carbocycles. The van der Waals surface area contributed by atoms with Crippen molar-refractivity contribution in [1.29, 1.82) is 0 Å². The molecule has 4 nitrogen and oxygen atoms in total. The van der Waals surface area contributed by atoms with Crippen LogP contribution in [0.3, 0.4) is 0 Å². The first-order valence-electron chi connectivity index (χ1n) is 6.54. The second kappa shape index (κ2) is 4.84. The van der Waals surface area contributed by atoms with Crippen LogP contribution in [0, 0.1) is 0 Å². The molecule has 2 unspecified atom stereocenters. The van der Waals surface area contributed by atoms with Gasteiger partial charge in [0, 0.05) is 22.6 Å². The highest BCUT2D eigenvalue weighted by molar-refractivity contribution is 9.10. The molecule has 104 valence electrons. The summed E-state index contributed by atoms with van der Waals surface area (Å²) in [4.78, 5) is 0.363. The van der Waals surface area contributed by atoms with Crippen molar-refractivity contribution in [1.82, 2.24) is 4.31 Å². The summed E-state index contributed by atoms with van der Waals surface area (Å²) in [6.45, 7) is 0. The van der Waals surface area contributed by atoms with Crippen LogP contribution in [0.5, 0.6) is 0 Å². The first-order valence-corrected chi connectivity index (χ1v) is 8.77. The second-order valence-corrected chi connectivity index (χ2v) is 8.05. The monoisotopic (exact) mass is 344 g/mol. The molecule has 0 amide bonds. The smallest absolute Gasteiger partial charge is 0.244 e. The van der Waals surface area contributed by atoms with Gasteiger partial charge in [0.25, 0.3) is 0 Å². The zero-order valence-corrected chi connectivity index (χ0v) is 12.9. The standard InChI is InChI=1S/C13H17BrN2O2S/c14-12-3-1-2-4-13(12)19(17,18)16-10-5-6-11(16)8-9(15)7-10/h1-4,9-11H,5-8,15H2. The van der Waals surface area contributed by atoms with Crippen LogP contribution in [0.4, 0.5) is 0 Å². The maximum atomic E-state index is 12.8. The zero-order valence-electron chi connectivity index (χ0n) is 10.5. The summed E-state index contributed by atoms with van der Waals surface area (Å²) in [7, 11) is -3.42. The predicted molar refractivity (Wildman–Crippen MR) is 77.2 cm³/mol. The normalized spacial score (nSPS) is 31.6. The summed E-state index contributed by atoms with van der Waals surface area (Å²) < 4.78 is 28.0. The lowest BCUT2D eigenvalue weighted by molar-refractivity contribution is 0.227. The summed E-state index contributed by atoms with van der Waals surface area (Å²) in [5.74, 6) is 0. The summed E-state index contributed by atoms with van der Waals surface area (Å²) >= 11 is 3.34. The number of nitrogens with zero attached hydrogens (tertiary/aromatic N) is 1. The van der Waals surface area contributed by atoms with E-state index in [0.717, 1.165) is 25.7 Å². The van der Waals surface area contributed by atoms with Gasteiger partial charge in [-0.2, -0.15) is 4.31 Å². The Hall–Kier alpha value is -0.430. The molecule has 0 spiro atoms. The van der Waals surface area contributed by atoms with E-state index >= 15 is 0 Å². The Labute approximate surface area is 122 Å². The Morgan fingerprint density at radius 3 is 2.32 bits per heavy atom. The molecule has 0 radical (unpaired) electrons. The molecule has 0 aromatic heterocycles. The van der Waals surface area contributed by atoms with E-state index < -0.39 is 10.0 Å². The van der Waals surface area contributed by atoms with Crippen LogP contribution in [-0.4, -0.2) is 30.8 Å². The van der Waals surface area contributed by atoms with E-state index in [1.807, 2.05) is 6.07 Å². The van der Waals surface area contributed by atoms with Crippen molar-refractivity contribution in [3.8, 4) is 0 Å². The molecule has 1 aromatic rings. The number of fused-ring (bicyclic) bond motifs is 2. The van der Waals surface area contributed by atoms with Gasteiger partial charge in [0.15, 0.2) is 0 Å². The van der Waals surface area contributed by atoms with Gasteiger partial charge < -0.3 is 5.73 Å². The minimum Gasteiger partial charge on any atom is -0.328 e. The number of hydrogen-bond acceptors (Lipinski definition) is 3. The van der Waals surface area contributed by atoms with Gasteiger partial charge >= 0.3 is 0 Å². The molecule has 3 rings (SSSR count). The van der Waals surface area contributed by atoms with Crippen molar-refractivity contribution < 1.29 is 8.42 Å². The van der Waals surface area contributed by atoms with Crippen molar-refractivity contribution in [2.24, 2.45) is 5.73 Å². The number of sulfonamides is 1. The van der Waals surface area contributed by atoms with Crippen LogP contribution in [-0.2, 0) is 10.0 Å². The number of piperidine rings is 1. The molecule has 2 N–H and O–H groups in total. The van der Waals surface area contributed by atoms with Crippen molar-refractivity contribution in [2.45, 2.75) is 48.7 Å². The van der Waals surface area contributed by atoms with E-state index in [0.29, 0.717) is 9.37 Å². The first-order chi connectivity index (χ1) is 9.00. The highest BCUT2D eigenvalue weighted by Crippen LogP contribution is 2.40. The van der Waals surface area contributed by atoms with Crippen molar-refractivity contribution >= 4 is 26.0 Å². The van der Waals surface area contributed by atoms with Gasteiger partial charge in [-0.25, -0.2) is 8.42 Å². The third kappa shape index (κ3) is 2.24. The number of hydrogen-bond donors (Lipinski definition) is 1. The lowest BCUT2D eigenvalue weighted by Gasteiger charge is -2.36. The fourth-order valence-corrected chi connectivity index (χ4v) is 6.19. The summed E-state index contributed by atoms with van der Waals surface area (Å²) in [6, 6.07) is 7.30. The third-order valence-corrected chi connectivity index (χ3v) is 7.11. The second-order valence-electron chi connectivity index (χ2n) is 5.38. The third-order valence-electron chi connectivity index (χ3n) is 4.09. The average Bonchev–Trinajstić information content (AvgIpc) is 2.63. The molecule has 2 fully saturated rings. The quantitative estimate of drug-likeness (QED) is 0.893. The van der Waals surface area contributed by atoms with E-state index in [2.05, 4.69) is 15.9 Å². The van der Waals surface area contributed by atoms with Crippen LogP contribution in [0.25, 0.3) is 0 Å². The largest absolute Gasteiger partial charge is 0.328 e. The highest BCUT2D eigenvalue weighted by atomic mass is 79.9. The summed E-state index contributed by atoms with van der Waals surface area (Å²) in [5, 5.41) is 0. The molecule has 0 saturated carbocycles. The predicted octanol–water partition coefficient (Wildman–Crippen LogP) is 2.09. The van der Waals surface area contributed by atoms with Crippen molar-refractivity contribution in [2.75, 3.05) is 0 Å². The Balaban J connectivity index is 2.01. The molecule has 1 aromatic carbocycles. The van der Waals surface area contributed by atoms with E-state index in [1.165, 1.54) is 0 Å². The van der Waals surface area contributed by atoms with Crippen LogP contribution in [0.1, 0.15) is 25.7 Å². The van der Waals surface area contributed by atoms with Gasteiger partial charge in [0.2, 0.25) is 10.0 Å². The molecule has 6 heteroatoms. The lowest BCUT2D eigenvalue weighted by Crippen LogP contribution is -2.50. The Morgan fingerprint density at radius 1 is 1.16 bits per heavy atom. The number of halogens is 1. The molecule has 2 atom stereocenters. The Kier molecular flexibility index (Phi) is 3.45. The van der Waals surface area contributed by atoms with Crippen molar-refractivity contribution in [3.63, 3.8) is 0 Å². The van der Waals surface area contributed by atoms with Crippen LogP contribution >= 0.6 is 15.9 Å². The van der Waals surface area contributed by atoms with Gasteiger partial charge in [-0.1, -0.05) is 12.1 Å². The van der Waals surface area contributed by atoms with E-state index in [1.54, 1.807) is 22.5 Å². The fourth-order valence-electron chi connectivity index (χ4n) is 3.34. The molecule has 2 saturated heterocycles. The molecule has 19 heavy (non-hydrogen) atoms. The first kappa shape index (κ1) is 13.5. The van der Waals surface area contributed by atoms with Crippen LogP contribution in [0.2, 0.25) is 0 Å². The fraction of sp³-hybridized carbons (Fsp3) is 0.538. The summed E-state index contributed by atoms with van der Waals surface area (Å²) in [5.41, 5.74) is 6.00. The minimum absolute atomic E-state index is 0.0749. The molecule has 2 heterocycles. The topological polar surface area (TPSA) is 63.4 Å². The maximum Gasteiger partial charge on any atom is 0.244 e. The lowest BCUT2D eigenvalue weighted by atomic mass is 10.0. The van der Waals surface area contributed by atoms with E-state index in [9.17, 15) is 8.42 Å². The van der Waals surface area contributed by atoms with Crippen molar-refractivity contribution in [3.05, 3.63) is 28.7 Å². The van der Waals surface area contributed by atoms with Crippen LogP contribution < -0.4 is 5.73 Å².